The SMILES string of the molecule is CN(C(=O)c1cnn(C(C)(C)C)c1)C(C)(C)C(=O)O. The van der Waals surface area contributed by atoms with Gasteiger partial charge in [0, 0.05) is 13.2 Å². The maximum Gasteiger partial charge on any atom is 0.329 e. The zero-order valence-corrected chi connectivity index (χ0v) is 12.3. The van der Waals surface area contributed by atoms with E-state index >= 15 is 0 Å². The summed E-state index contributed by atoms with van der Waals surface area (Å²) < 4.78 is 1.68. The third kappa shape index (κ3) is 2.94. The molecule has 6 heteroatoms. The van der Waals surface area contributed by atoms with Crippen LogP contribution in [0.2, 0.25) is 0 Å². The van der Waals surface area contributed by atoms with Crippen LogP contribution in [-0.4, -0.2) is 44.3 Å². The number of nitrogens with zero attached hydrogens (tertiary/aromatic N) is 3. The van der Waals surface area contributed by atoms with Gasteiger partial charge in [-0.3, -0.25) is 9.48 Å². The van der Waals surface area contributed by atoms with Gasteiger partial charge in [0.1, 0.15) is 5.54 Å². The fourth-order valence-corrected chi connectivity index (χ4v) is 1.39. The molecule has 0 fully saturated rings. The number of carboxylic acid groups (broad SMARTS) is 1. The fraction of sp³-hybridized carbons (Fsp3) is 0.615. The number of likely N-dealkylation sites (N-methyl/N-ethyl adjacent to an activating group) is 1. The molecule has 0 spiro atoms. The summed E-state index contributed by atoms with van der Waals surface area (Å²) in [6, 6.07) is 0. The largest absolute Gasteiger partial charge is 0.480 e. The number of carbonyl (C=O) groups excluding carboxylic acids is 1. The Balaban J connectivity index is 3.02. The zero-order chi connectivity index (χ0) is 15.0. The van der Waals surface area contributed by atoms with Gasteiger partial charge in [0.2, 0.25) is 0 Å². The number of carbonyl (C=O) groups is 2. The van der Waals surface area contributed by atoms with Crippen LogP contribution >= 0.6 is 0 Å². The summed E-state index contributed by atoms with van der Waals surface area (Å²) in [7, 11) is 1.48. The third-order valence-corrected chi connectivity index (χ3v) is 3.18. The van der Waals surface area contributed by atoms with Crippen molar-refractivity contribution in [3.05, 3.63) is 18.0 Å². The molecule has 1 heterocycles. The lowest BCUT2D eigenvalue weighted by Crippen LogP contribution is -2.50. The fourth-order valence-electron chi connectivity index (χ4n) is 1.39. The minimum absolute atomic E-state index is 0.223. The normalized spacial score (nSPS) is 12.3. The second-order valence-corrected chi connectivity index (χ2v) is 6.07. The van der Waals surface area contributed by atoms with Crippen molar-refractivity contribution in [3.63, 3.8) is 0 Å². The molecule has 0 unspecified atom stereocenters. The van der Waals surface area contributed by atoms with E-state index in [0.29, 0.717) is 5.56 Å². The molecule has 0 atom stereocenters. The molecule has 0 aliphatic heterocycles. The molecular formula is C13H21N3O3. The maximum absolute atomic E-state index is 12.2. The third-order valence-electron chi connectivity index (χ3n) is 3.18. The Morgan fingerprint density at radius 2 is 1.79 bits per heavy atom. The quantitative estimate of drug-likeness (QED) is 0.902. The number of rotatable bonds is 3. The van der Waals surface area contributed by atoms with Crippen LogP contribution in [0.3, 0.4) is 0 Å². The Hall–Kier alpha value is -1.85. The number of hydrogen-bond donors (Lipinski definition) is 1. The molecule has 0 radical (unpaired) electrons. The number of aliphatic carboxylic acids is 1. The van der Waals surface area contributed by atoms with E-state index in [1.807, 2.05) is 20.8 Å². The molecule has 0 bridgehead atoms. The van der Waals surface area contributed by atoms with Crippen LogP contribution in [-0.2, 0) is 10.3 Å². The summed E-state index contributed by atoms with van der Waals surface area (Å²) in [5.41, 5.74) is -1.10. The lowest BCUT2D eigenvalue weighted by atomic mass is 10.0. The zero-order valence-electron chi connectivity index (χ0n) is 12.3. The minimum Gasteiger partial charge on any atom is -0.480 e. The smallest absolute Gasteiger partial charge is 0.329 e. The monoisotopic (exact) mass is 267 g/mol. The van der Waals surface area contributed by atoms with Crippen molar-refractivity contribution < 1.29 is 14.7 Å². The lowest BCUT2D eigenvalue weighted by molar-refractivity contribution is -0.147. The highest BCUT2D eigenvalue weighted by atomic mass is 16.4. The van der Waals surface area contributed by atoms with Crippen molar-refractivity contribution in [1.29, 1.82) is 0 Å². The molecule has 0 aliphatic rings. The predicted molar refractivity (Wildman–Crippen MR) is 71.0 cm³/mol. The molecule has 1 rings (SSSR count). The molecule has 0 aliphatic carbocycles. The molecule has 19 heavy (non-hydrogen) atoms. The van der Waals surface area contributed by atoms with Crippen LogP contribution in [0.5, 0.6) is 0 Å². The van der Waals surface area contributed by atoms with Crippen LogP contribution in [0.15, 0.2) is 12.4 Å². The van der Waals surface area contributed by atoms with Crippen molar-refractivity contribution in [1.82, 2.24) is 14.7 Å². The van der Waals surface area contributed by atoms with Gasteiger partial charge in [0.05, 0.1) is 17.3 Å². The summed E-state index contributed by atoms with van der Waals surface area (Å²) in [5.74, 6) is -1.41. The molecule has 106 valence electrons. The summed E-state index contributed by atoms with van der Waals surface area (Å²) in [6.45, 7) is 8.89. The van der Waals surface area contributed by atoms with Gasteiger partial charge in [0.15, 0.2) is 0 Å². The Kier molecular flexibility index (Phi) is 3.74. The Labute approximate surface area is 113 Å². The number of amides is 1. The highest BCUT2D eigenvalue weighted by Gasteiger charge is 2.36. The lowest BCUT2D eigenvalue weighted by Gasteiger charge is -2.31. The maximum atomic E-state index is 12.2. The van der Waals surface area contributed by atoms with Gasteiger partial charge < -0.3 is 10.0 Å². The van der Waals surface area contributed by atoms with Gasteiger partial charge in [-0.2, -0.15) is 5.10 Å². The second kappa shape index (κ2) is 4.68. The van der Waals surface area contributed by atoms with Gasteiger partial charge in [0.25, 0.3) is 5.91 Å². The Morgan fingerprint density at radius 3 is 2.16 bits per heavy atom. The highest BCUT2D eigenvalue weighted by Crippen LogP contribution is 2.18. The van der Waals surface area contributed by atoms with Gasteiger partial charge in [-0.25, -0.2) is 4.79 Å². The summed E-state index contributed by atoms with van der Waals surface area (Å²) >= 11 is 0. The van der Waals surface area contributed by atoms with Gasteiger partial charge in [-0.1, -0.05) is 0 Å². The second-order valence-electron chi connectivity index (χ2n) is 6.07. The number of carboxylic acids is 1. The van der Waals surface area contributed by atoms with Crippen molar-refractivity contribution >= 4 is 11.9 Å². The highest BCUT2D eigenvalue weighted by molar-refractivity contribution is 5.97. The first-order valence-corrected chi connectivity index (χ1v) is 6.04. The van der Waals surface area contributed by atoms with Crippen molar-refractivity contribution in [2.45, 2.75) is 45.7 Å². The Morgan fingerprint density at radius 1 is 1.26 bits per heavy atom. The number of aromatic nitrogens is 2. The van der Waals surface area contributed by atoms with E-state index in [4.69, 9.17) is 5.11 Å². The number of hydrogen-bond acceptors (Lipinski definition) is 3. The topological polar surface area (TPSA) is 75.4 Å². The molecular weight excluding hydrogens is 246 g/mol. The van der Waals surface area contributed by atoms with Crippen LogP contribution < -0.4 is 0 Å². The molecule has 1 N–H and O–H groups in total. The minimum atomic E-state index is -1.26. The predicted octanol–water partition coefficient (Wildman–Crippen LogP) is 1.57. The van der Waals surface area contributed by atoms with E-state index in [0.717, 1.165) is 0 Å². The van der Waals surface area contributed by atoms with E-state index in [2.05, 4.69) is 5.10 Å². The standard InChI is InChI=1S/C13H21N3O3/c1-12(2,3)16-8-9(7-14-16)10(17)15(6)13(4,5)11(18)19/h7-8H,1-6H3,(H,18,19). The van der Waals surface area contributed by atoms with E-state index in [-0.39, 0.29) is 11.4 Å². The van der Waals surface area contributed by atoms with E-state index in [1.165, 1.54) is 32.0 Å². The molecule has 1 amide bonds. The van der Waals surface area contributed by atoms with Crippen molar-refractivity contribution in [2.24, 2.45) is 0 Å². The summed E-state index contributed by atoms with van der Waals surface area (Å²) in [4.78, 5) is 24.6. The first kappa shape index (κ1) is 15.2. The summed E-state index contributed by atoms with van der Waals surface area (Å²) in [6.07, 6.45) is 3.10. The average Bonchev–Trinajstić information content (AvgIpc) is 2.75. The van der Waals surface area contributed by atoms with E-state index in [1.54, 1.807) is 10.9 Å². The van der Waals surface area contributed by atoms with Crippen LogP contribution in [0.25, 0.3) is 0 Å². The first-order valence-electron chi connectivity index (χ1n) is 6.04. The molecule has 0 aromatic carbocycles. The van der Waals surface area contributed by atoms with Gasteiger partial charge in [-0.05, 0) is 34.6 Å². The average molecular weight is 267 g/mol. The molecule has 0 saturated carbocycles. The van der Waals surface area contributed by atoms with Crippen LogP contribution in [0, 0.1) is 0 Å². The van der Waals surface area contributed by atoms with E-state index in [9.17, 15) is 9.59 Å². The van der Waals surface area contributed by atoms with Crippen LogP contribution in [0.4, 0.5) is 0 Å². The Bertz CT molecular complexity index is 497. The summed E-state index contributed by atoms with van der Waals surface area (Å²) in [5, 5.41) is 13.3. The van der Waals surface area contributed by atoms with Gasteiger partial charge in [-0.15, -0.1) is 0 Å². The van der Waals surface area contributed by atoms with Gasteiger partial charge >= 0.3 is 5.97 Å². The molecule has 1 aromatic heterocycles. The van der Waals surface area contributed by atoms with Crippen molar-refractivity contribution in [2.75, 3.05) is 7.05 Å². The van der Waals surface area contributed by atoms with E-state index < -0.39 is 11.5 Å². The molecule has 6 nitrogen and oxygen atoms in total. The van der Waals surface area contributed by atoms with Crippen molar-refractivity contribution in [3.8, 4) is 0 Å². The first-order chi connectivity index (χ1) is 8.48. The molecule has 0 saturated heterocycles. The van der Waals surface area contributed by atoms with Crippen LogP contribution in [0.1, 0.15) is 45.0 Å². The molecule has 1 aromatic rings.